The Balaban J connectivity index is 1.88. The van der Waals surface area contributed by atoms with Gasteiger partial charge in [0.2, 0.25) is 0 Å². The Hall–Kier alpha value is -2.40. The molecule has 0 spiro atoms. The smallest absolute Gasteiger partial charge is 0.339 e. The first kappa shape index (κ1) is 16.0. The normalized spacial score (nSPS) is 10.1. The number of carbonyl (C=O) groups is 2. The highest BCUT2D eigenvalue weighted by Gasteiger charge is 2.10. The molecule has 1 amide bonds. The van der Waals surface area contributed by atoms with E-state index in [0.29, 0.717) is 23.6 Å². The minimum atomic E-state index is -0.486. The lowest BCUT2D eigenvalue weighted by Gasteiger charge is -2.06. The van der Waals surface area contributed by atoms with Crippen LogP contribution in [0.5, 0.6) is 0 Å². The number of rotatable bonds is 5. The molecule has 1 heterocycles. The number of benzene rings is 1. The fourth-order valence-corrected chi connectivity index (χ4v) is 2.08. The van der Waals surface area contributed by atoms with E-state index in [2.05, 4.69) is 15.0 Å². The van der Waals surface area contributed by atoms with Gasteiger partial charge in [-0.1, -0.05) is 23.7 Å². The fraction of sp³-hybridized carbons (Fsp3) is 0.188. The fourth-order valence-electron chi connectivity index (χ4n) is 1.87. The molecule has 0 fully saturated rings. The van der Waals surface area contributed by atoms with Crippen molar-refractivity contribution in [2.75, 3.05) is 13.7 Å². The van der Waals surface area contributed by atoms with Gasteiger partial charge in [-0.25, -0.2) is 4.79 Å². The molecule has 0 bridgehead atoms. The zero-order valence-corrected chi connectivity index (χ0v) is 12.8. The summed E-state index contributed by atoms with van der Waals surface area (Å²) >= 11 is 5.90. The maximum Gasteiger partial charge on any atom is 0.339 e. The standard InChI is InChI=1S/C16H15ClN2O3/c1-22-16(21)12-5-6-14(19-10-12)15(20)18-8-7-11-3-2-4-13(17)9-11/h2-6,9-10H,7-8H2,1H3,(H,18,20). The molecule has 2 aromatic rings. The number of amides is 1. The molecule has 0 aliphatic rings. The van der Waals surface area contributed by atoms with Crippen molar-refractivity contribution in [3.8, 4) is 0 Å². The summed E-state index contributed by atoms with van der Waals surface area (Å²) in [5, 5.41) is 3.44. The summed E-state index contributed by atoms with van der Waals surface area (Å²) in [7, 11) is 1.29. The molecular weight excluding hydrogens is 304 g/mol. The predicted molar refractivity (Wildman–Crippen MR) is 83.1 cm³/mol. The molecule has 0 radical (unpaired) electrons. The summed E-state index contributed by atoms with van der Waals surface area (Å²) in [6, 6.07) is 10.5. The van der Waals surface area contributed by atoms with Gasteiger partial charge in [0.05, 0.1) is 12.7 Å². The minimum absolute atomic E-state index is 0.249. The number of nitrogens with one attached hydrogen (secondary N) is 1. The van der Waals surface area contributed by atoms with Gasteiger partial charge >= 0.3 is 5.97 Å². The highest BCUT2D eigenvalue weighted by molar-refractivity contribution is 6.30. The molecular formula is C16H15ClN2O3. The SMILES string of the molecule is COC(=O)c1ccc(C(=O)NCCc2cccc(Cl)c2)nc1. The van der Waals surface area contributed by atoms with E-state index in [1.165, 1.54) is 25.4 Å². The quantitative estimate of drug-likeness (QED) is 0.860. The lowest BCUT2D eigenvalue weighted by molar-refractivity contribution is 0.0599. The number of pyridine rings is 1. The number of esters is 1. The maximum atomic E-state index is 11.9. The van der Waals surface area contributed by atoms with E-state index >= 15 is 0 Å². The molecule has 0 aliphatic heterocycles. The molecule has 1 N–H and O–H groups in total. The van der Waals surface area contributed by atoms with E-state index in [1.807, 2.05) is 18.2 Å². The Labute approximate surface area is 133 Å². The molecule has 5 nitrogen and oxygen atoms in total. The second-order valence-electron chi connectivity index (χ2n) is 4.56. The molecule has 1 aromatic heterocycles. The van der Waals surface area contributed by atoms with Crippen molar-refractivity contribution < 1.29 is 14.3 Å². The second kappa shape index (κ2) is 7.56. The van der Waals surface area contributed by atoms with Crippen LogP contribution >= 0.6 is 11.6 Å². The van der Waals surface area contributed by atoms with Crippen molar-refractivity contribution in [2.45, 2.75) is 6.42 Å². The summed E-state index contributed by atoms with van der Waals surface area (Å²) in [5.41, 5.74) is 1.60. The first-order valence-electron chi connectivity index (χ1n) is 6.67. The van der Waals surface area contributed by atoms with Gasteiger partial charge in [0.15, 0.2) is 0 Å². The van der Waals surface area contributed by atoms with Crippen LogP contribution in [0.15, 0.2) is 42.6 Å². The zero-order valence-electron chi connectivity index (χ0n) is 12.0. The number of carbonyl (C=O) groups excluding carboxylic acids is 2. The Kier molecular flexibility index (Phi) is 5.49. The van der Waals surface area contributed by atoms with Gasteiger partial charge in [0.25, 0.3) is 5.91 Å². The summed E-state index contributed by atoms with van der Waals surface area (Å²) in [6.45, 7) is 0.472. The Bertz CT molecular complexity index is 671. The molecule has 6 heteroatoms. The second-order valence-corrected chi connectivity index (χ2v) is 5.00. The average Bonchev–Trinajstić information content (AvgIpc) is 2.54. The number of hydrogen-bond acceptors (Lipinski definition) is 4. The molecule has 114 valence electrons. The largest absolute Gasteiger partial charge is 0.465 e. The summed E-state index contributed by atoms with van der Waals surface area (Å²) in [6.07, 6.45) is 1.99. The van der Waals surface area contributed by atoms with Crippen LogP contribution in [-0.2, 0) is 11.2 Å². The van der Waals surface area contributed by atoms with Gasteiger partial charge in [-0.2, -0.15) is 0 Å². The number of aromatic nitrogens is 1. The monoisotopic (exact) mass is 318 g/mol. The molecule has 0 saturated heterocycles. The van der Waals surface area contributed by atoms with Gasteiger partial charge in [-0.15, -0.1) is 0 Å². The van der Waals surface area contributed by atoms with Crippen LogP contribution in [0, 0.1) is 0 Å². The number of halogens is 1. The van der Waals surface area contributed by atoms with Gasteiger partial charge < -0.3 is 10.1 Å². The molecule has 22 heavy (non-hydrogen) atoms. The summed E-state index contributed by atoms with van der Waals surface area (Å²) in [5.74, 6) is -0.779. The third kappa shape index (κ3) is 4.30. The molecule has 2 rings (SSSR count). The van der Waals surface area contributed by atoms with Gasteiger partial charge in [0, 0.05) is 17.8 Å². The number of ether oxygens (including phenoxy) is 1. The van der Waals surface area contributed by atoms with Gasteiger partial charge in [-0.3, -0.25) is 9.78 Å². The molecule has 0 atom stereocenters. The van der Waals surface area contributed by atoms with Crippen molar-refractivity contribution in [1.82, 2.24) is 10.3 Å². The van der Waals surface area contributed by atoms with E-state index in [4.69, 9.17) is 11.6 Å². The summed E-state index contributed by atoms with van der Waals surface area (Å²) in [4.78, 5) is 27.2. The predicted octanol–water partition coefficient (Wildman–Crippen LogP) is 2.49. The molecule has 0 unspecified atom stereocenters. The van der Waals surface area contributed by atoms with Crippen LogP contribution in [0.3, 0.4) is 0 Å². The van der Waals surface area contributed by atoms with Crippen molar-refractivity contribution in [3.05, 3.63) is 64.4 Å². The summed E-state index contributed by atoms with van der Waals surface area (Å²) < 4.78 is 4.57. The number of hydrogen-bond donors (Lipinski definition) is 1. The van der Waals surface area contributed by atoms with E-state index in [-0.39, 0.29) is 11.6 Å². The molecule has 0 saturated carbocycles. The lowest BCUT2D eigenvalue weighted by atomic mass is 10.1. The van der Waals surface area contributed by atoms with Gasteiger partial charge in [0.1, 0.15) is 5.69 Å². The van der Waals surface area contributed by atoms with E-state index in [0.717, 1.165) is 5.56 Å². The minimum Gasteiger partial charge on any atom is -0.465 e. The number of nitrogens with zero attached hydrogens (tertiary/aromatic N) is 1. The molecule has 0 aliphatic carbocycles. The first-order valence-corrected chi connectivity index (χ1v) is 7.05. The van der Waals surface area contributed by atoms with E-state index in [9.17, 15) is 9.59 Å². The van der Waals surface area contributed by atoms with Crippen LogP contribution in [0.4, 0.5) is 0 Å². The third-order valence-electron chi connectivity index (χ3n) is 3.01. The zero-order chi connectivity index (χ0) is 15.9. The van der Waals surface area contributed by atoms with E-state index in [1.54, 1.807) is 6.07 Å². The highest BCUT2D eigenvalue weighted by atomic mass is 35.5. The molecule has 1 aromatic carbocycles. The van der Waals surface area contributed by atoms with Crippen LogP contribution in [0.2, 0.25) is 5.02 Å². The first-order chi connectivity index (χ1) is 10.6. The Morgan fingerprint density at radius 2 is 2.09 bits per heavy atom. The number of methoxy groups -OCH3 is 1. The highest BCUT2D eigenvalue weighted by Crippen LogP contribution is 2.10. The van der Waals surface area contributed by atoms with Crippen molar-refractivity contribution in [2.24, 2.45) is 0 Å². The van der Waals surface area contributed by atoms with Crippen LogP contribution < -0.4 is 5.32 Å². The van der Waals surface area contributed by atoms with E-state index < -0.39 is 5.97 Å². The van der Waals surface area contributed by atoms with Gasteiger partial charge in [-0.05, 0) is 36.2 Å². The average molecular weight is 319 g/mol. The Morgan fingerprint density at radius 3 is 2.73 bits per heavy atom. The van der Waals surface area contributed by atoms with Crippen LogP contribution in [-0.4, -0.2) is 30.5 Å². The van der Waals surface area contributed by atoms with Crippen molar-refractivity contribution >= 4 is 23.5 Å². The topological polar surface area (TPSA) is 68.3 Å². The maximum absolute atomic E-state index is 11.9. The van der Waals surface area contributed by atoms with Crippen LogP contribution in [0.25, 0.3) is 0 Å². The Morgan fingerprint density at radius 1 is 1.27 bits per heavy atom. The third-order valence-corrected chi connectivity index (χ3v) is 3.24. The van der Waals surface area contributed by atoms with Crippen molar-refractivity contribution in [3.63, 3.8) is 0 Å². The lowest BCUT2D eigenvalue weighted by Crippen LogP contribution is -2.26. The van der Waals surface area contributed by atoms with Crippen molar-refractivity contribution in [1.29, 1.82) is 0 Å². The van der Waals surface area contributed by atoms with Crippen LogP contribution in [0.1, 0.15) is 26.4 Å².